The molecule has 0 heterocycles. The van der Waals surface area contributed by atoms with E-state index in [2.05, 4.69) is 0 Å². The van der Waals surface area contributed by atoms with Crippen LogP contribution in [0.5, 0.6) is 0 Å². The van der Waals surface area contributed by atoms with Gasteiger partial charge >= 0.3 is 0 Å². The van der Waals surface area contributed by atoms with Crippen LogP contribution >= 0.6 is 0 Å². The molecule has 0 radical (unpaired) electrons. The van der Waals surface area contributed by atoms with Crippen molar-refractivity contribution < 1.29 is 4.43 Å². The molecule has 0 spiro atoms. The lowest BCUT2D eigenvalue weighted by Crippen LogP contribution is -2.07. The van der Waals surface area contributed by atoms with Crippen LogP contribution in [-0.2, 0) is 4.43 Å². The molecule has 3 nitrogen and oxygen atoms in total. The van der Waals surface area contributed by atoms with Crippen molar-refractivity contribution in [1.29, 1.82) is 0 Å². The van der Waals surface area contributed by atoms with Gasteiger partial charge in [0.15, 0.2) is 9.76 Å². The fraction of sp³-hybridized carbons (Fsp3) is 1.00. The summed E-state index contributed by atoms with van der Waals surface area (Å²) in [5.41, 5.74) is 10.7. The highest BCUT2D eigenvalue weighted by Gasteiger charge is 1.88. The summed E-state index contributed by atoms with van der Waals surface area (Å²) in [6.07, 6.45) is 3.49. The summed E-state index contributed by atoms with van der Waals surface area (Å²) in [6.45, 7) is 2.52. The van der Waals surface area contributed by atoms with E-state index in [4.69, 9.17) is 15.9 Å². The predicted octanol–water partition coefficient (Wildman–Crippen LogP) is -0.407. The van der Waals surface area contributed by atoms with Crippen LogP contribution in [0.2, 0.25) is 6.04 Å². The molecule has 0 aromatic rings. The van der Waals surface area contributed by atoms with Gasteiger partial charge in [0.1, 0.15) is 0 Å². The summed E-state index contributed by atoms with van der Waals surface area (Å²) in [6, 6.07) is 1.11. The first-order valence-electron chi connectivity index (χ1n) is 4.39. The Morgan fingerprint density at radius 3 is 2.45 bits per heavy atom. The first kappa shape index (κ1) is 11.1. The van der Waals surface area contributed by atoms with Gasteiger partial charge in [-0.2, -0.15) is 0 Å². The van der Waals surface area contributed by atoms with Gasteiger partial charge < -0.3 is 15.9 Å². The lowest BCUT2D eigenvalue weighted by Gasteiger charge is -2.01. The average Bonchev–Trinajstić information content (AvgIpc) is 2.03. The van der Waals surface area contributed by atoms with Crippen LogP contribution < -0.4 is 11.5 Å². The van der Waals surface area contributed by atoms with Gasteiger partial charge in [-0.3, -0.25) is 0 Å². The third-order valence-electron chi connectivity index (χ3n) is 1.49. The summed E-state index contributed by atoms with van der Waals surface area (Å²) in [5, 5.41) is 0. The molecule has 4 N–H and O–H groups in total. The van der Waals surface area contributed by atoms with E-state index in [1.54, 1.807) is 0 Å². The number of nitrogens with two attached hydrogens (primary N) is 2. The standard InChI is InChI=1S/C7H20N2OSi/c8-4-2-1-3-6-10-11-7-5-9/h1-9,11H2. The van der Waals surface area contributed by atoms with E-state index in [1.165, 1.54) is 6.42 Å². The molecule has 11 heavy (non-hydrogen) atoms. The molecular formula is C7H20N2OSi. The maximum atomic E-state index is 5.44. The van der Waals surface area contributed by atoms with Crippen molar-refractivity contribution in [2.75, 3.05) is 19.7 Å². The van der Waals surface area contributed by atoms with Gasteiger partial charge in [0.2, 0.25) is 0 Å². The highest BCUT2D eigenvalue weighted by atomic mass is 28.2. The number of hydrogen-bond donors (Lipinski definition) is 2. The van der Waals surface area contributed by atoms with Gasteiger partial charge in [-0.05, 0) is 38.4 Å². The molecule has 0 saturated heterocycles. The van der Waals surface area contributed by atoms with Gasteiger partial charge in [0, 0.05) is 6.61 Å². The van der Waals surface area contributed by atoms with Gasteiger partial charge in [0.25, 0.3) is 0 Å². The number of rotatable bonds is 8. The van der Waals surface area contributed by atoms with Gasteiger partial charge in [-0.25, -0.2) is 0 Å². The van der Waals surface area contributed by atoms with E-state index < -0.39 is 0 Å². The Hall–Kier alpha value is 0.0969. The summed E-state index contributed by atoms with van der Waals surface area (Å²) in [5.74, 6) is 0. The first-order valence-corrected chi connectivity index (χ1v) is 5.97. The molecule has 0 atom stereocenters. The summed E-state index contributed by atoms with van der Waals surface area (Å²) >= 11 is 0. The van der Waals surface area contributed by atoms with Crippen LogP contribution in [0, 0.1) is 0 Å². The topological polar surface area (TPSA) is 61.3 Å². The van der Waals surface area contributed by atoms with E-state index in [9.17, 15) is 0 Å². The molecule has 0 aliphatic heterocycles. The van der Waals surface area contributed by atoms with E-state index in [1.807, 2.05) is 0 Å². The summed E-state index contributed by atoms with van der Waals surface area (Å²) in [4.78, 5) is 0. The SMILES string of the molecule is NCCCCCO[SiH2]CCN. The minimum Gasteiger partial charge on any atom is -0.424 e. The van der Waals surface area contributed by atoms with Crippen molar-refractivity contribution in [1.82, 2.24) is 0 Å². The molecule has 0 aliphatic rings. The third kappa shape index (κ3) is 10.1. The van der Waals surface area contributed by atoms with Gasteiger partial charge in [0.05, 0.1) is 0 Å². The van der Waals surface area contributed by atoms with Crippen LogP contribution in [0.25, 0.3) is 0 Å². The third-order valence-corrected chi connectivity index (χ3v) is 2.76. The fourth-order valence-electron chi connectivity index (χ4n) is 0.813. The quantitative estimate of drug-likeness (QED) is 0.390. The maximum absolute atomic E-state index is 5.44. The Kier molecular flexibility index (Phi) is 10.2. The molecule has 0 saturated carbocycles. The van der Waals surface area contributed by atoms with Crippen molar-refractivity contribution >= 4 is 9.76 Å². The Labute approximate surface area is 71.4 Å². The van der Waals surface area contributed by atoms with Crippen molar-refractivity contribution in [3.05, 3.63) is 0 Å². The molecule has 0 aromatic heterocycles. The van der Waals surface area contributed by atoms with Crippen LogP contribution in [0.4, 0.5) is 0 Å². The molecule has 68 valence electrons. The molecule has 0 aliphatic carbocycles. The second kappa shape index (κ2) is 10.1. The fourth-order valence-corrected chi connectivity index (χ4v) is 1.59. The predicted molar refractivity (Wildman–Crippen MR) is 51.3 cm³/mol. The molecule has 0 rings (SSSR count). The van der Waals surface area contributed by atoms with Gasteiger partial charge in [-0.15, -0.1) is 0 Å². The van der Waals surface area contributed by atoms with E-state index >= 15 is 0 Å². The molecular weight excluding hydrogens is 156 g/mol. The lowest BCUT2D eigenvalue weighted by atomic mass is 10.2. The van der Waals surface area contributed by atoms with Gasteiger partial charge in [-0.1, -0.05) is 0 Å². The zero-order valence-corrected chi connectivity index (χ0v) is 8.63. The van der Waals surface area contributed by atoms with Crippen molar-refractivity contribution in [2.24, 2.45) is 11.5 Å². The van der Waals surface area contributed by atoms with Crippen LogP contribution in [-0.4, -0.2) is 29.5 Å². The maximum Gasteiger partial charge on any atom is 0.162 e. The average molecular weight is 176 g/mol. The van der Waals surface area contributed by atoms with E-state index in [-0.39, 0.29) is 9.76 Å². The van der Waals surface area contributed by atoms with Crippen LogP contribution in [0.15, 0.2) is 0 Å². The molecule has 0 bridgehead atoms. The monoisotopic (exact) mass is 176 g/mol. The zero-order chi connectivity index (χ0) is 8.36. The zero-order valence-electron chi connectivity index (χ0n) is 7.22. The second-order valence-electron chi connectivity index (χ2n) is 2.60. The number of unbranched alkanes of at least 4 members (excludes halogenated alkanes) is 2. The van der Waals surface area contributed by atoms with Crippen LogP contribution in [0.1, 0.15) is 19.3 Å². The summed E-state index contributed by atoms with van der Waals surface area (Å²) in [7, 11) is -0.279. The van der Waals surface area contributed by atoms with E-state index in [0.717, 1.165) is 38.6 Å². The molecule has 0 amide bonds. The highest BCUT2D eigenvalue weighted by molar-refractivity contribution is 6.27. The molecule has 0 aromatic carbocycles. The largest absolute Gasteiger partial charge is 0.424 e. The molecule has 0 unspecified atom stereocenters. The minimum absolute atomic E-state index is 0.279. The number of hydrogen-bond acceptors (Lipinski definition) is 3. The van der Waals surface area contributed by atoms with Crippen molar-refractivity contribution in [3.63, 3.8) is 0 Å². The van der Waals surface area contributed by atoms with Crippen LogP contribution in [0.3, 0.4) is 0 Å². The van der Waals surface area contributed by atoms with Crippen molar-refractivity contribution in [2.45, 2.75) is 25.3 Å². The lowest BCUT2D eigenvalue weighted by molar-refractivity contribution is 0.322. The first-order chi connectivity index (χ1) is 5.41. The minimum atomic E-state index is -0.279. The Morgan fingerprint density at radius 1 is 1.00 bits per heavy atom. The second-order valence-corrected chi connectivity index (χ2v) is 4.13. The Morgan fingerprint density at radius 2 is 1.82 bits per heavy atom. The van der Waals surface area contributed by atoms with E-state index in [0.29, 0.717) is 0 Å². The molecule has 0 fully saturated rings. The highest BCUT2D eigenvalue weighted by Crippen LogP contribution is 1.93. The normalized spacial score (nSPS) is 11.5. The summed E-state index contributed by atoms with van der Waals surface area (Å²) < 4.78 is 5.44. The van der Waals surface area contributed by atoms with Crippen molar-refractivity contribution in [3.8, 4) is 0 Å². The smallest absolute Gasteiger partial charge is 0.162 e. The Bertz CT molecular complexity index is 65.5. The molecule has 4 heteroatoms. The Balaban J connectivity index is 2.69.